The monoisotopic (exact) mass is 411 g/mol. The van der Waals surface area contributed by atoms with E-state index in [0.29, 0.717) is 12.1 Å². The molecule has 1 heterocycles. The Bertz CT molecular complexity index is 1180. The summed E-state index contributed by atoms with van der Waals surface area (Å²) in [6.45, 7) is 0.539. The van der Waals surface area contributed by atoms with Gasteiger partial charge in [-0.15, -0.1) is 0 Å². The van der Waals surface area contributed by atoms with E-state index in [0.717, 1.165) is 34.0 Å². The maximum Gasteiger partial charge on any atom is 0.339 e. The number of benzene rings is 3. The average Bonchev–Trinajstić information content (AvgIpc) is 3.15. The van der Waals surface area contributed by atoms with Crippen LogP contribution >= 0.6 is 0 Å². The molecule has 156 valence electrons. The smallest absolute Gasteiger partial charge is 0.339 e. The van der Waals surface area contributed by atoms with Crippen LogP contribution in [0, 0.1) is 0 Å². The molecule has 1 aromatic heterocycles. The van der Waals surface area contributed by atoms with Gasteiger partial charge in [0.1, 0.15) is 5.82 Å². The van der Waals surface area contributed by atoms with Crippen molar-refractivity contribution in [2.45, 2.75) is 6.54 Å². The molecule has 0 amide bonds. The first-order valence-electron chi connectivity index (χ1n) is 10.1. The van der Waals surface area contributed by atoms with Crippen molar-refractivity contribution in [2.24, 2.45) is 7.05 Å². The molecule has 5 heteroatoms. The van der Waals surface area contributed by atoms with Crippen LogP contribution in [-0.4, -0.2) is 29.7 Å². The maximum absolute atomic E-state index is 12.2. The average molecular weight is 412 g/mol. The van der Waals surface area contributed by atoms with Gasteiger partial charge in [-0.05, 0) is 12.1 Å². The minimum absolute atomic E-state index is 0.350. The number of nitrogens with zero attached hydrogens (tertiary/aromatic N) is 3. The van der Waals surface area contributed by atoms with Gasteiger partial charge in [-0.1, -0.05) is 72.8 Å². The molecule has 3 aromatic carbocycles. The topological polar surface area (TPSA) is 47.4 Å². The summed E-state index contributed by atoms with van der Waals surface area (Å²) in [6.07, 6.45) is 0. The van der Waals surface area contributed by atoms with E-state index < -0.39 is 0 Å². The van der Waals surface area contributed by atoms with E-state index in [1.54, 1.807) is 6.07 Å². The van der Waals surface area contributed by atoms with Crippen LogP contribution in [0.25, 0.3) is 22.5 Å². The van der Waals surface area contributed by atoms with Crippen molar-refractivity contribution >= 4 is 11.7 Å². The van der Waals surface area contributed by atoms with Gasteiger partial charge in [0.25, 0.3) is 0 Å². The molecule has 4 rings (SSSR count). The number of imidazole rings is 1. The summed E-state index contributed by atoms with van der Waals surface area (Å²) < 4.78 is 7.09. The molecule has 4 aromatic rings. The zero-order valence-electron chi connectivity index (χ0n) is 17.9. The third-order valence-corrected chi connectivity index (χ3v) is 5.38. The van der Waals surface area contributed by atoms with Gasteiger partial charge in [-0.2, -0.15) is 0 Å². The number of aromatic nitrogens is 2. The minimum atomic E-state index is -0.350. The van der Waals surface area contributed by atoms with Crippen molar-refractivity contribution in [3.63, 3.8) is 0 Å². The quantitative estimate of drug-likeness (QED) is 0.410. The van der Waals surface area contributed by atoms with Crippen LogP contribution in [0.1, 0.15) is 16.2 Å². The first-order valence-corrected chi connectivity index (χ1v) is 10.1. The Labute approximate surface area is 182 Å². The lowest BCUT2D eigenvalue weighted by Crippen LogP contribution is -2.21. The van der Waals surface area contributed by atoms with E-state index in [-0.39, 0.29) is 5.97 Å². The SMILES string of the molecule is COC(=O)c1ccccc1N(C)Cc1nc(-c2ccccc2)c(-c2ccccc2)n1C. The zero-order valence-corrected chi connectivity index (χ0v) is 17.9. The molecular formula is C26H25N3O2. The van der Waals surface area contributed by atoms with Gasteiger partial charge in [0.15, 0.2) is 0 Å². The highest BCUT2D eigenvalue weighted by Gasteiger charge is 2.20. The lowest BCUT2D eigenvalue weighted by Gasteiger charge is -2.21. The summed E-state index contributed by atoms with van der Waals surface area (Å²) in [5.41, 5.74) is 5.53. The normalized spacial score (nSPS) is 10.7. The Balaban J connectivity index is 1.77. The second-order valence-corrected chi connectivity index (χ2v) is 7.38. The molecular weight excluding hydrogens is 386 g/mol. The molecule has 0 spiro atoms. The number of carbonyl (C=O) groups is 1. The fraction of sp³-hybridized carbons (Fsp3) is 0.154. The van der Waals surface area contributed by atoms with Crippen LogP contribution in [0.15, 0.2) is 84.9 Å². The molecule has 5 nitrogen and oxygen atoms in total. The summed E-state index contributed by atoms with van der Waals surface area (Å²) in [4.78, 5) is 19.3. The highest BCUT2D eigenvalue weighted by molar-refractivity contribution is 5.95. The zero-order chi connectivity index (χ0) is 21.8. The number of anilines is 1. The van der Waals surface area contributed by atoms with Crippen molar-refractivity contribution in [2.75, 3.05) is 19.1 Å². The van der Waals surface area contributed by atoms with E-state index in [4.69, 9.17) is 9.72 Å². The van der Waals surface area contributed by atoms with Crippen molar-refractivity contribution in [3.8, 4) is 22.5 Å². The Morgan fingerprint density at radius 3 is 2.13 bits per heavy atom. The number of carbonyl (C=O) groups excluding carboxylic acids is 1. The van der Waals surface area contributed by atoms with E-state index in [9.17, 15) is 4.79 Å². The minimum Gasteiger partial charge on any atom is -0.465 e. The lowest BCUT2D eigenvalue weighted by atomic mass is 10.1. The number of hydrogen-bond donors (Lipinski definition) is 0. The fourth-order valence-corrected chi connectivity index (χ4v) is 3.80. The summed E-state index contributed by atoms with van der Waals surface area (Å²) in [6, 6.07) is 28.0. The third kappa shape index (κ3) is 4.08. The van der Waals surface area contributed by atoms with Gasteiger partial charge >= 0.3 is 5.97 Å². The Hall–Kier alpha value is -3.86. The van der Waals surface area contributed by atoms with Crippen molar-refractivity contribution < 1.29 is 9.53 Å². The molecule has 0 fully saturated rings. The Morgan fingerprint density at radius 1 is 0.903 bits per heavy atom. The van der Waals surface area contributed by atoms with Crippen LogP contribution in [0.5, 0.6) is 0 Å². The number of ether oxygens (including phenoxy) is 1. The summed E-state index contributed by atoms with van der Waals surface area (Å²) in [7, 11) is 5.40. The van der Waals surface area contributed by atoms with E-state index in [2.05, 4.69) is 28.8 Å². The van der Waals surface area contributed by atoms with Gasteiger partial charge in [0, 0.05) is 25.2 Å². The van der Waals surface area contributed by atoms with E-state index in [1.165, 1.54) is 7.11 Å². The predicted octanol–water partition coefficient (Wildman–Crippen LogP) is 5.18. The van der Waals surface area contributed by atoms with Crippen LogP contribution in [-0.2, 0) is 18.3 Å². The highest BCUT2D eigenvalue weighted by atomic mass is 16.5. The molecule has 0 bridgehead atoms. The van der Waals surface area contributed by atoms with E-state index in [1.807, 2.05) is 73.6 Å². The molecule has 0 aliphatic carbocycles. The van der Waals surface area contributed by atoms with Crippen LogP contribution in [0.4, 0.5) is 5.69 Å². The van der Waals surface area contributed by atoms with Gasteiger partial charge in [-0.3, -0.25) is 0 Å². The molecule has 0 aliphatic rings. The summed E-state index contributed by atoms with van der Waals surface area (Å²) in [5, 5.41) is 0. The van der Waals surface area contributed by atoms with Gasteiger partial charge in [0.2, 0.25) is 0 Å². The Morgan fingerprint density at radius 2 is 1.48 bits per heavy atom. The molecule has 0 saturated heterocycles. The van der Waals surface area contributed by atoms with Crippen LogP contribution in [0.2, 0.25) is 0 Å². The molecule has 0 unspecified atom stereocenters. The third-order valence-electron chi connectivity index (χ3n) is 5.38. The van der Waals surface area contributed by atoms with Gasteiger partial charge in [0.05, 0.1) is 36.3 Å². The number of para-hydroxylation sites is 1. The van der Waals surface area contributed by atoms with Crippen LogP contribution in [0.3, 0.4) is 0 Å². The van der Waals surface area contributed by atoms with Crippen molar-refractivity contribution in [1.82, 2.24) is 9.55 Å². The molecule has 0 aliphatic heterocycles. The second kappa shape index (κ2) is 8.88. The molecule has 0 N–H and O–H groups in total. The fourth-order valence-electron chi connectivity index (χ4n) is 3.80. The number of esters is 1. The summed E-state index contributed by atoms with van der Waals surface area (Å²) >= 11 is 0. The number of methoxy groups -OCH3 is 1. The van der Waals surface area contributed by atoms with Gasteiger partial charge in [-0.25, -0.2) is 9.78 Å². The molecule has 0 radical (unpaired) electrons. The summed E-state index contributed by atoms with van der Waals surface area (Å²) in [5.74, 6) is 0.553. The highest BCUT2D eigenvalue weighted by Crippen LogP contribution is 2.33. The van der Waals surface area contributed by atoms with Crippen LogP contribution < -0.4 is 4.90 Å². The maximum atomic E-state index is 12.2. The van der Waals surface area contributed by atoms with Gasteiger partial charge < -0.3 is 14.2 Å². The first kappa shape index (κ1) is 20.4. The largest absolute Gasteiger partial charge is 0.465 e. The standard InChI is InChI=1S/C26H25N3O2/c1-28(22-17-11-10-16-21(22)26(30)31-3)18-23-27-24(19-12-6-4-7-13-19)25(29(23)2)20-14-8-5-9-15-20/h4-17H,18H2,1-3H3. The second-order valence-electron chi connectivity index (χ2n) is 7.38. The molecule has 0 atom stereocenters. The molecule has 0 saturated carbocycles. The first-order chi connectivity index (χ1) is 15.1. The van der Waals surface area contributed by atoms with Crippen molar-refractivity contribution in [1.29, 1.82) is 0 Å². The van der Waals surface area contributed by atoms with Crippen molar-refractivity contribution in [3.05, 3.63) is 96.3 Å². The van der Waals surface area contributed by atoms with E-state index >= 15 is 0 Å². The number of hydrogen-bond acceptors (Lipinski definition) is 4. The molecule has 31 heavy (non-hydrogen) atoms. The predicted molar refractivity (Wildman–Crippen MR) is 124 cm³/mol. The number of rotatable bonds is 6. The lowest BCUT2D eigenvalue weighted by molar-refractivity contribution is 0.0601. The Kier molecular flexibility index (Phi) is 5.85.